The largest absolute Gasteiger partial charge is 0.337 e. The molecule has 1 unspecified atom stereocenters. The third-order valence-corrected chi connectivity index (χ3v) is 3.25. The van der Waals surface area contributed by atoms with Crippen LogP contribution in [0.4, 0.5) is 5.82 Å². The minimum atomic E-state index is -0.402. The molecule has 1 saturated heterocycles. The van der Waals surface area contributed by atoms with E-state index in [1.807, 2.05) is 6.92 Å². The van der Waals surface area contributed by atoms with Crippen molar-refractivity contribution in [1.29, 1.82) is 0 Å². The SMILES string of the molecule is Cc1cc(NC(=O)c2noc(C3CCCN3)n2)n(C)n1. The number of hydrogen-bond acceptors (Lipinski definition) is 6. The molecular weight excluding hydrogens is 260 g/mol. The molecule has 20 heavy (non-hydrogen) atoms. The number of anilines is 1. The van der Waals surface area contributed by atoms with Crippen molar-refractivity contribution in [2.45, 2.75) is 25.8 Å². The molecule has 1 atom stereocenters. The van der Waals surface area contributed by atoms with Crippen LogP contribution in [-0.2, 0) is 7.05 Å². The Morgan fingerprint density at radius 1 is 1.60 bits per heavy atom. The van der Waals surface area contributed by atoms with Crippen LogP contribution in [-0.4, -0.2) is 32.4 Å². The number of aryl methyl sites for hydroxylation is 2. The van der Waals surface area contributed by atoms with Crippen LogP contribution in [0.25, 0.3) is 0 Å². The second-order valence-electron chi connectivity index (χ2n) is 4.85. The van der Waals surface area contributed by atoms with Gasteiger partial charge in [0.2, 0.25) is 5.89 Å². The van der Waals surface area contributed by atoms with E-state index >= 15 is 0 Å². The van der Waals surface area contributed by atoms with Crippen molar-refractivity contribution < 1.29 is 9.32 Å². The molecule has 0 bridgehead atoms. The Morgan fingerprint density at radius 2 is 2.45 bits per heavy atom. The second kappa shape index (κ2) is 5.04. The fraction of sp³-hybridized carbons (Fsp3) is 0.500. The smallest absolute Gasteiger partial charge is 0.298 e. The highest BCUT2D eigenvalue weighted by Crippen LogP contribution is 2.21. The standard InChI is InChI=1S/C12H16N6O2/c1-7-6-9(18(2)16-7)14-11(19)10-15-12(20-17-10)8-4-3-5-13-8/h6,8,13H,3-5H2,1-2H3,(H,14,19). The summed E-state index contributed by atoms with van der Waals surface area (Å²) in [6, 6.07) is 1.83. The van der Waals surface area contributed by atoms with Crippen molar-refractivity contribution in [2.75, 3.05) is 11.9 Å². The van der Waals surface area contributed by atoms with Crippen LogP contribution in [0.5, 0.6) is 0 Å². The molecule has 3 rings (SSSR count). The summed E-state index contributed by atoms with van der Waals surface area (Å²) >= 11 is 0. The van der Waals surface area contributed by atoms with Crippen molar-refractivity contribution in [3.8, 4) is 0 Å². The summed E-state index contributed by atoms with van der Waals surface area (Å²) in [5.41, 5.74) is 0.826. The van der Waals surface area contributed by atoms with Crippen molar-refractivity contribution in [3.05, 3.63) is 23.5 Å². The zero-order valence-electron chi connectivity index (χ0n) is 11.4. The number of nitrogens with one attached hydrogen (secondary N) is 2. The first-order valence-electron chi connectivity index (χ1n) is 6.52. The first-order valence-corrected chi connectivity index (χ1v) is 6.52. The van der Waals surface area contributed by atoms with E-state index in [2.05, 4.69) is 25.9 Å². The summed E-state index contributed by atoms with van der Waals surface area (Å²) in [6.07, 6.45) is 2.02. The molecule has 8 heteroatoms. The molecule has 106 valence electrons. The maximum absolute atomic E-state index is 12.0. The highest BCUT2D eigenvalue weighted by molar-refractivity contribution is 6.00. The van der Waals surface area contributed by atoms with E-state index in [4.69, 9.17) is 4.52 Å². The molecule has 2 aromatic heterocycles. The van der Waals surface area contributed by atoms with Crippen LogP contribution in [0.2, 0.25) is 0 Å². The molecule has 0 aromatic carbocycles. The Kier molecular flexibility index (Phi) is 3.23. The topological polar surface area (TPSA) is 97.9 Å². The Balaban J connectivity index is 1.72. The zero-order chi connectivity index (χ0) is 14.1. The molecule has 3 heterocycles. The Labute approximate surface area is 115 Å². The van der Waals surface area contributed by atoms with Gasteiger partial charge in [0.15, 0.2) is 0 Å². The van der Waals surface area contributed by atoms with Crippen molar-refractivity contribution >= 4 is 11.7 Å². The van der Waals surface area contributed by atoms with Crippen LogP contribution in [0.15, 0.2) is 10.6 Å². The predicted molar refractivity (Wildman–Crippen MR) is 70.2 cm³/mol. The number of nitrogens with zero attached hydrogens (tertiary/aromatic N) is 4. The first kappa shape index (κ1) is 12.8. The molecule has 0 saturated carbocycles. The molecule has 0 spiro atoms. The molecule has 1 aliphatic heterocycles. The Hall–Kier alpha value is -2.22. The zero-order valence-corrected chi connectivity index (χ0v) is 11.4. The molecule has 1 fully saturated rings. The van der Waals surface area contributed by atoms with E-state index in [0.29, 0.717) is 11.7 Å². The van der Waals surface area contributed by atoms with Gasteiger partial charge in [-0.1, -0.05) is 5.16 Å². The Morgan fingerprint density at radius 3 is 3.10 bits per heavy atom. The number of carbonyl (C=O) groups is 1. The lowest BCUT2D eigenvalue weighted by Crippen LogP contribution is -2.17. The lowest BCUT2D eigenvalue weighted by molar-refractivity contribution is 0.101. The average Bonchev–Trinajstić information content (AvgIpc) is 3.11. The fourth-order valence-electron chi connectivity index (χ4n) is 2.26. The van der Waals surface area contributed by atoms with Crippen LogP contribution in [0, 0.1) is 6.92 Å². The number of rotatable bonds is 3. The third-order valence-electron chi connectivity index (χ3n) is 3.25. The van der Waals surface area contributed by atoms with Gasteiger partial charge in [-0.15, -0.1) is 0 Å². The van der Waals surface area contributed by atoms with Gasteiger partial charge < -0.3 is 15.2 Å². The van der Waals surface area contributed by atoms with Gasteiger partial charge in [0.05, 0.1) is 11.7 Å². The van der Waals surface area contributed by atoms with Crippen molar-refractivity contribution in [2.24, 2.45) is 7.05 Å². The Bertz CT molecular complexity index is 626. The molecule has 0 radical (unpaired) electrons. The van der Waals surface area contributed by atoms with Crippen LogP contribution < -0.4 is 10.6 Å². The molecule has 2 N–H and O–H groups in total. The van der Waals surface area contributed by atoms with E-state index in [1.165, 1.54) is 0 Å². The van der Waals surface area contributed by atoms with Gasteiger partial charge in [-0.2, -0.15) is 10.1 Å². The third kappa shape index (κ3) is 2.42. The second-order valence-corrected chi connectivity index (χ2v) is 4.85. The summed E-state index contributed by atoms with van der Waals surface area (Å²) in [6.45, 7) is 2.79. The van der Waals surface area contributed by atoms with E-state index in [0.717, 1.165) is 25.1 Å². The van der Waals surface area contributed by atoms with E-state index in [-0.39, 0.29) is 11.9 Å². The molecule has 8 nitrogen and oxygen atoms in total. The van der Waals surface area contributed by atoms with E-state index in [1.54, 1.807) is 17.8 Å². The van der Waals surface area contributed by atoms with Gasteiger partial charge in [-0.3, -0.25) is 9.48 Å². The van der Waals surface area contributed by atoms with Crippen molar-refractivity contribution in [1.82, 2.24) is 25.2 Å². The summed E-state index contributed by atoms with van der Waals surface area (Å²) in [7, 11) is 1.76. The van der Waals surface area contributed by atoms with Crippen molar-refractivity contribution in [3.63, 3.8) is 0 Å². The number of amides is 1. The molecule has 1 amide bonds. The average molecular weight is 276 g/mol. The van der Waals surface area contributed by atoms with Gasteiger partial charge >= 0.3 is 0 Å². The maximum Gasteiger partial charge on any atom is 0.298 e. The highest BCUT2D eigenvalue weighted by Gasteiger charge is 2.24. The van der Waals surface area contributed by atoms with E-state index < -0.39 is 5.91 Å². The fourth-order valence-corrected chi connectivity index (χ4v) is 2.26. The highest BCUT2D eigenvalue weighted by atomic mass is 16.5. The quantitative estimate of drug-likeness (QED) is 0.860. The number of aromatic nitrogens is 4. The molecule has 1 aliphatic rings. The van der Waals surface area contributed by atoms with Crippen LogP contribution >= 0.6 is 0 Å². The van der Waals surface area contributed by atoms with Gasteiger partial charge in [-0.05, 0) is 26.3 Å². The van der Waals surface area contributed by atoms with Crippen LogP contribution in [0.3, 0.4) is 0 Å². The molecule has 2 aromatic rings. The van der Waals surface area contributed by atoms with Crippen LogP contribution in [0.1, 0.15) is 41.1 Å². The number of hydrogen-bond donors (Lipinski definition) is 2. The predicted octanol–water partition coefficient (Wildman–Crippen LogP) is 0.788. The normalized spacial score (nSPS) is 18.4. The minimum absolute atomic E-state index is 0.0348. The summed E-state index contributed by atoms with van der Waals surface area (Å²) in [5.74, 6) is 0.695. The summed E-state index contributed by atoms with van der Waals surface area (Å²) in [5, 5.41) is 13.8. The maximum atomic E-state index is 12.0. The molecule has 0 aliphatic carbocycles. The van der Waals surface area contributed by atoms with Gasteiger partial charge in [-0.25, -0.2) is 0 Å². The van der Waals surface area contributed by atoms with Gasteiger partial charge in [0, 0.05) is 13.1 Å². The first-order chi connectivity index (χ1) is 9.63. The lowest BCUT2D eigenvalue weighted by Gasteiger charge is -2.02. The monoisotopic (exact) mass is 276 g/mol. The minimum Gasteiger partial charge on any atom is -0.337 e. The van der Waals surface area contributed by atoms with Gasteiger partial charge in [0.25, 0.3) is 11.7 Å². The summed E-state index contributed by atoms with van der Waals surface area (Å²) < 4.78 is 6.73. The van der Waals surface area contributed by atoms with Gasteiger partial charge in [0.1, 0.15) is 5.82 Å². The summed E-state index contributed by atoms with van der Waals surface area (Å²) in [4.78, 5) is 16.2. The lowest BCUT2D eigenvalue weighted by atomic mass is 10.2. The number of carbonyl (C=O) groups excluding carboxylic acids is 1. The molecular formula is C12H16N6O2. The van der Waals surface area contributed by atoms with E-state index in [9.17, 15) is 4.79 Å².